The summed E-state index contributed by atoms with van der Waals surface area (Å²) in [6.45, 7) is 0. The minimum Gasteiger partial charge on any atom is -0.456 e. The van der Waals surface area contributed by atoms with Crippen molar-refractivity contribution in [3.05, 3.63) is 176 Å². The summed E-state index contributed by atoms with van der Waals surface area (Å²) in [5.74, 6) is 1.80. The lowest BCUT2D eigenvalue weighted by atomic mass is 9.92. The molecule has 57 heavy (non-hydrogen) atoms. The number of hydrogen-bond acceptors (Lipinski definition) is 6. The molecule has 0 aliphatic carbocycles. The molecule has 4 aromatic heterocycles. The highest BCUT2D eigenvalue weighted by Gasteiger charge is 2.20. The Kier molecular flexibility index (Phi) is 6.83. The van der Waals surface area contributed by atoms with E-state index in [0.29, 0.717) is 17.5 Å². The summed E-state index contributed by atoms with van der Waals surface area (Å²) in [5.41, 5.74) is 11.8. The number of furan rings is 3. The molecule has 266 valence electrons. The van der Waals surface area contributed by atoms with Gasteiger partial charge in [-0.25, -0.2) is 15.0 Å². The van der Waals surface area contributed by atoms with Crippen LogP contribution in [0.15, 0.2) is 189 Å². The Labute approximate surface area is 325 Å². The Morgan fingerprint density at radius 2 is 0.737 bits per heavy atom. The first kappa shape index (κ1) is 31.5. The third kappa shape index (κ3) is 5.08. The van der Waals surface area contributed by atoms with Crippen LogP contribution < -0.4 is 0 Å². The maximum absolute atomic E-state index is 6.63. The molecule has 0 spiro atoms. The molecule has 0 saturated carbocycles. The van der Waals surface area contributed by atoms with Crippen molar-refractivity contribution in [3.63, 3.8) is 0 Å². The van der Waals surface area contributed by atoms with Gasteiger partial charge < -0.3 is 13.3 Å². The fraction of sp³-hybridized carbons (Fsp3) is 0. The van der Waals surface area contributed by atoms with Crippen molar-refractivity contribution in [3.8, 4) is 56.4 Å². The van der Waals surface area contributed by atoms with Gasteiger partial charge in [0.2, 0.25) is 0 Å². The monoisotopic (exact) mass is 731 g/mol. The average molecular weight is 732 g/mol. The molecule has 0 aliphatic rings. The highest BCUT2D eigenvalue weighted by atomic mass is 16.3. The first-order chi connectivity index (χ1) is 28.2. The first-order valence-electron chi connectivity index (χ1n) is 18.9. The highest BCUT2D eigenvalue weighted by Crippen LogP contribution is 2.44. The van der Waals surface area contributed by atoms with Gasteiger partial charge in [-0.15, -0.1) is 0 Å². The maximum Gasteiger partial charge on any atom is 0.164 e. The summed E-state index contributed by atoms with van der Waals surface area (Å²) < 4.78 is 19.6. The standard InChI is InChI=1S/C51H29N3O3/c1-3-12-30(13-4-1)49-52-50(31-14-5-2-6-15-31)54-51(53-49)33-23-25-39-45(28-33)57-43-21-11-18-35(47(39)43)34-26-40(48-38-17-8-10-20-42(38)56-46(48)29-34)32-22-24-37-36-16-7-9-19-41(36)55-44(37)27-32/h1-29H. The predicted molar refractivity (Wildman–Crippen MR) is 229 cm³/mol. The van der Waals surface area contributed by atoms with E-state index in [4.69, 9.17) is 28.2 Å². The predicted octanol–water partition coefficient (Wildman–Crippen LogP) is 13.9. The molecule has 0 atom stereocenters. The van der Waals surface area contributed by atoms with E-state index in [0.717, 1.165) is 105 Å². The molecule has 0 radical (unpaired) electrons. The summed E-state index contributed by atoms with van der Waals surface area (Å²) in [4.78, 5) is 14.8. The van der Waals surface area contributed by atoms with Crippen molar-refractivity contribution in [2.45, 2.75) is 0 Å². The number of benzene rings is 8. The van der Waals surface area contributed by atoms with Crippen LogP contribution in [0.5, 0.6) is 0 Å². The van der Waals surface area contributed by atoms with Crippen molar-refractivity contribution in [2.24, 2.45) is 0 Å². The summed E-state index contributed by atoms with van der Waals surface area (Å²) in [6, 6.07) is 59.8. The van der Waals surface area contributed by atoms with Gasteiger partial charge in [0.15, 0.2) is 17.5 Å². The van der Waals surface area contributed by atoms with E-state index in [9.17, 15) is 0 Å². The summed E-state index contributed by atoms with van der Waals surface area (Å²) >= 11 is 0. The summed E-state index contributed by atoms with van der Waals surface area (Å²) in [5, 5.41) is 6.37. The zero-order valence-corrected chi connectivity index (χ0v) is 30.3. The smallest absolute Gasteiger partial charge is 0.164 e. The lowest BCUT2D eigenvalue weighted by Crippen LogP contribution is -2.00. The van der Waals surface area contributed by atoms with Gasteiger partial charge in [0.25, 0.3) is 0 Å². The van der Waals surface area contributed by atoms with Gasteiger partial charge in [0.1, 0.15) is 33.5 Å². The van der Waals surface area contributed by atoms with E-state index in [1.54, 1.807) is 0 Å². The summed E-state index contributed by atoms with van der Waals surface area (Å²) in [6.07, 6.45) is 0. The lowest BCUT2D eigenvalue weighted by Gasteiger charge is -2.10. The van der Waals surface area contributed by atoms with Crippen LogP contribution in [0.1, 0.15) is 0 Å². The highest BCUT2D eigenvalue weighted by molar-refractivity contribution is 6.17. The maximum atomic E-state index is 6.63. The van der Waals surface area contributed by atoms with Crippen LogP contribution in [-0.4, -0.2) is 15.0 Å². The number of fused-ring (bicyclic) bond motifs is 9. The normalized spacial score (nSPS) is 11.9. The summed E-state index contributed by atoms with van der Waals surface area (Å²) in [7, 11) is 0. The molecule has 0 amide bonds. The quantitative estimate of drug-likeness (QED) is 0.175. The van der Waals surface area contributed by atoms with Gasteiger partial charge in [-0.05, 0) is 76.9 Å². The van der Waals surface area contributed by atoms with Crippen LogP contribution >= 0.6 is 0 Å². The molecule has 8 aromatic carbocycles. The SMILES string of the molecule is c1ccc(-c2nc(-c3ccccc3)nc(-c3ccc4c(c3)oc3cccc(-c5cc(-c6ccc7c(c6)oc6ccccc67)c6c(c5)oc5ccccc56)c34)n2)cc1. The third-order valence-electron chi connectivity index (χ3n) is 10.9. The van der Waals surface area contributed by atoms with Crippen LogP contribution in [0.2, 0.25) is 0 Å². The Morgan fingerprint density at radius 1 is 0.263 bits per heavy atom. The van der Waals surface area contributed by atoms with Gasteiger partial charge in [-0.3, -0.25) is 0 Å². The Balaban J connectivity index is 1.04. The second-order valence-electron chi connectivity index (χ2n) is 14.3. The van der Waals surface area contributed by atoms with Crippen molar-refractivity contribution < 1.29 is 13.3 Å². The molecule has 0 fully saturated rings. The average Bonchev–Trinajstić information content (AvgIpc) is 3.97. The Bertz CT molecular complexity index is 3470. The number of hydrogen-bond donors (Lipinski definition) is 0. The van der Waals surface area contributed by atoms with Gasteiger partial charge in [0, 0.05) is 49.0 Å². The van der Waals surface area contributed by atoms with Gasteiger partial charge >= 0.3 is 0 Å². The zero-order valence-electron chi connectivity index (χ0n) is 30.3. The molecule has 0 N–H and O–H groups in total. The number of para-hydroxylation sites is 2. The third-order valence-corrected chi connectivity index (χ3v) is 10.9. The Hall–Kier alpha value is -7.83. The second kappa shape index (κ2) is 12.3. The first-order valence-corrected chi connectivity index (χ1v) is 18.9. The van der Waals surface area contributed by atoms with Crippen molar-refractivity contribution >= 4 is 65.8 Å². The van der Waals surface area contributed by atoms with Gasteiger partial charge in [-0.1, -0.05) is 121 Å². The zero-order chi connectivity index (χ0) is 37.5. The number of aromatic nitrogens is 3. The molecule has 4 heterocycles. The van der Waals surface area contributed by atoms with Crippen molar-refractivity contribution in [1.82, 2.24) is 15.0 Å². The molecule has 0 aliphatic heterocycles. The minimum absolute atomic E-state index is 0.576. The minimum atomic E-state index is 0.576. The van der Waals surface area contributed by atoms with Crippen LogP contribution in [0.3, 0.4) is 0 Å². The lowest BCUT2D eigenvalue weighted by molar-refractivity contribution is 0.668. The van der Waals surface area contributed by atoms with Crippen LogP contribution in [-0.2, 0) is 0 Å². The Morgan fingerprint density at radius 3 is 1.49 bits per heavy atom. The molecule has 0 bridgehead atoms. The number of rotatable bonds is 5. The molecule has 6 nitrogen and oxygen atoms in total. The van der Waals surface area contributed by atoms with Gasteiger partial charge in [-0.2, -0.15) is 0 Å². The molecule has 6 heteroatoms. The van der Waals surface area contributed by atoms with E-state index >= 15 is 0 Å². The molecule has 0 saturated heterocycles. The molecule has 12 rings (SSSR count). The fourth-order valence-electron chi connectivity index (χ4n) is 8.27. The van der Waals surface area contributed by atoms with Crippen LogP contribution in [0.25, 0.3) is 122 Å². The van der Waals surface area contributed by atoms with Crippen LogP contribution in [0, 0.1) is 0 Å². The van der Waals surface area contributed by atoms with E-state index in [1.807, 2.05) is 109 Å². The molecular formula is C51H29N3O3. The van der Waals surface area contributed by atoms with E-state index in [1.165, 1.54) is 0 Å². The molecule has 0 unspecified atom stereocenters. The van der Waals surface area contributed by atoms with E-state index < -0.39 is 0 Å². The van der Waals surface area contributed by atoms with E-state index in [2.05, 4.69) is 66.7 Å². The topological polar surface area (TPSA) is 78.1 Å². The van der Waals surface area contributed by atoms with Crippen LogP contribution in [0.4, 0.5) is 0 Å². The molecular weight excluding hydrogens is 703 g/mol. The van der Waals surface area contributed by atoms with Crippen molar-refractivity contribution in [2.75, 3.05) is 0 Å². The molecule has 12 aromatic rings. The fourth-order valence-corrected chi connectivity index (χ4v) is 8.27. The second-order valence-corrected chi connectivity index (χ2v) is 14.3. The van der Waals surface area contributed by atoms with E-state index in [-0.39, 0.29) is 0 Å². The largest absolute Gasteiger partial charge is 0.456 e. The van der Waals surface area contributed by atoms with Gasteiger partial charge in [0.05, 0.1) is 0 Å². The van der Waals surface area contributed by atoms with Crippen molar-refractivity contribution in [1.29, 1.82) is 0 Å². The number of nitrogens with zero attached hydrogens (tertiary/aromatic N) is 3.